The van der Waals surface area contributed by atoms with Crippen LogP contribution in [0.15, 0.2) is 12.1 Å². The van der Waals surface area contributed by atoms with Gasteiger partial charge in [-0.2, -0.15) is 0 Å². The molecule has 0 saturated carbocycles. The Balaban J connectivity index is 3.08. The Bertz CT molecular complexity index is 458. The smallest absolute Gasteiger partial charge is 0.346 e. The fourth-order valence-electron chi connectivity index (χ4n) is 1.31. The second-order valence-corrected chi connectivity index (χ2v) is 3.84. The molecule has 1 rings (SSSR count). The van der Waals surface area contributed by atoms with Crippen LogP contribution in [0.1, 0.15) is 17.3 Å². The van der Waals surface area contributed by atoms with E-state index < -0.39 is 12.1 Å². The summed E-state index contributed by atoms with van der Waals surface area (Å²) in [5.74, 6) is -0.0596. The van der Waals surface area contributed by atoms with Gasteiger partial charge in [-0.25, -0.2) is 4.79 Å². The van der Waals surface area contributed by atoms with Crippen LogP contribution in [0.25, 0.3) is 0 Å². The molecule has 0 bridgehead atoms. The lowest BCUT2D eigenvalue weighted by molar-refractivity contribution is -0.147. The van der Waals surface area contributed by atoms with E-state index in [1.54, 1.807) is 0 Å². The van der Waals surface area contributed by atoms with Gasteiger partial charge in [-0.15, -0.1) is 0 Å². The van der Waals surface area contributed by atoms with Crippen LogP contribution >= 0.6 is 11.6 Å². The molecule has 0 aliphatic heterocycles. The lowest BCUT2D eigenvalue weighted by atomic mass is 10.2. The van der Waals surface area contributed by atoms with Gasteiger partial charge in [-0.1, -0.05) is 11.6 Å². The van der Waals surface area contributed by atoms with Gasteiger partial charge in [0, 0.05) is 5.56 Å². The summed E-state index contributed by atoms with van der Waals surface area (Å²) in [7, 11) is 2.67. The molecule has 0 aliphatic carbocycles. The largest absolute Gasteiger partial charge is 0.493 e. The molecule has 0 aliphatic rings. The summed E-state index contributed by atoms with van der Waals surface area (Å²) >= 11 is 5.97. The van der Waals surface area contributed by atoms with Gasteiger partial charge in [0.2, 0.25) is 0 Å². The SMILES string of the molecule is COC(=O)[C@@H](C)Oc1c(Cl)cc(C=O)cc1OC. The maximum atomic E-state index is 11.3. The maximum absolute atomic E-state index is 11.3. The van der Waals surface area contributed by atoms with Crippen LogP contribution in [0.5, 0.6) is 11.5 Å². The Hall–Kier alpha value is -1.75. The third-order valence-electron chi connectivity index (χ3n) is 2.22. The molecule has 98 valence electrons. The molecular formula is C12H13ClO5. The normalized spacial score (nSPS) is 11.6. The predicted molar refractivity (Wildman–Crippen MR) is 65.5 cm³/mol. The standard InChI is InChI=1S/C12H13ClO5/c1-7(12(15)17-3)18-11-9(13)4-8(6-14)5-10(11)16-2/h4-7H,1-3H3/t7-/m1/s1. The fourth-order valence-corrected chi connectivity index (χ4v) is 1.58. The zero-order valence-electron chi connectivity index (χ0n) is 10.2. The van der Waals surface area contributed by atoms with E-state index >= 15 is 0 Å². The van der Waals surface area contributed by atoms with Crippen LogP contribution < -0.4 is 9.47 Å². The van der Waals surface area contributed by atoms with Crippen LogP contribution in [0.4, 0.5) is 0 Å². The first kappa shape index (κ1) is 14.3. The average molecular weight is 273 g/mol. The quantitative estimate of drug-likeness (QED) is 0.607. The van der Waals surface area contributed by atoms with Crippen molar-refractivity contribution in [2.24, 2.45) is 0 Å². The van der Waals surface area contributed by atoms with E-state index in [1.807, 2.05) is 0 Å². The van der Waals surface area contributed by atoms with E-state index in [9.17, 15) is 9.59 Å². The van der Waals surface area contributed by atoms with E-state index in [0.29, 0.717) is 11.8 Å². The average Bonchev–Trinajstić information content (AvgIpc) is 2.39. The second-order valence-electron chi connectivity index (χ2n) is 3.44. The molecule has 1 atom stereocenters. The van der Waals surface area contributed by atoms with Gasteiger partial charge in [0.05, 0.1) is 19.2 Å². The molecule has 0 amide bonds. The summed E-state index contributed by atoms with van der Waals surface area (Å²) in [6.45, 7) is 1.52. The number of hydrogen-bond acceptors (Lipinski definition) is 5. The highest BCUT2D eigenvalue weighted by Gasteiger charge is 2.20. The molecule has 0 saturated heterocycles. The Morgan fingerprint density at radius 3 is 2.56 bits per heavy atom. The lowest BCUT2D eigenvalue weighted by Crippen LogP contribution is -2.25. The number of carbonyl (C=O) groups excluding carboxylic acids is 2. The van der Waals surface area contributed by atoms with E-state index in [1.165, 1.54) is 33.3 Å². The van der Waals surface area contributed by atoms with Crippen LogP contribution in [0.3, 0.4) is 0 Å². The Labute approximate surface area is 110 Å². The first-order valence-electron chi connectivity index (χ1n) is 5.10. The first-order chi connectivity index (χ1) is 8.53. The third-order valence-corrected chi connectivity index (χ3v) is 2.50. The third kappa shape index (κ3) is 3.13. The molecule has 1 aromatic rings. The highest BCUT2D eigenvalue weighted by molar-refractivity contribution is 6.32. The molecule has 0 fully saturated rings. The predicted octanol–water partition coefficient (Wildman–Crippen LogP) is 2.10. The van der Waals surface area contributed by atoms with Crippen molar-refractivity contribution >= 4 is 23.9 Å². The summed E-state index contributed by atoms with van der Waals surface area (Å²) in [4.78, 5) is 21.9. The number of aldehydes is 1. The van der Waals surface area contributed by atoms with Crippen molar-refractivity contribution in [3.63, 3.8) is 0 Å². The number of halogens is 1. The van der Waals surface area contributed by atoms with Crippen molar-refractivity contribution in [3.05, 3.63) is 22.7 Å². The minimum absolute atomic E-state index is 0.187. The van der Waals surface area contributed by atoms with Crippen LogP contribution in [-0.4, -0.2) is 32.6 Å². The Morgan fingerprint density at radius 2 is 2.06 bits per heavy atom. The van der Waals surface area contributed by atoms with Gasteiger partial charge < -0.3 is 14.2 Å². The second kappa shape index (κ2) is 6.26. The molecule has 0 heterocycles. The molecule has 18 heavy (non-hydrogen) atoms. The highest BCUT2D eigenvalue weighted by Crippen LogP contribution is 2.36. The molecule has 0 N–H and O–H groups in total. The molecular weight excluding hydrogens is 260 g/mol. The lowest BCUT2D eigenvalue weighted by Gasteiger charge is -2.16. The number of carbonyl (C=O) groups is 2. The van der Waals surface area contributed by atoms with Crippen molar-refractivity contribution in [3.8, 4) is 11.5 Å². The molecule has 0 aromatic heterocycles. The van der Waals surface area contributed by atoms with E-state index in [2.05, 4.69) is 4.74 Å². The van der Waals surface area contributed by atoms with Crippen molar-refractivity contribution in [2.45, 2.75) is 13.0 Å². The highest BCUT2D eigenvalue weighted by atomic mass is 35.5. The van der Waals surface area contributed by atoms with Crippen LogP contribution in [0.2, 0.25) is 5.02 Å². The van der Waals surface area contributed by atoms with E-state index in [0.717, 1.165) is 0 Å². The zero-order chi connectivity index (χ0) is 13.7. The molecule has 5 nitrogen and oxygen atoms in total. The zero-order valence-corrected chi connectivity index (χ0v) is 11.0. The number of methoxy groups -OCH3 is 2. The number of rotatable bonds is 5. The number of ether oxygens (including phenoxy) is 3. The summed E-state index contributed by atoms with van der Waals surface area (Å²) < 4.78 is 15.0. The maximum Gasteiger partial charge on any atom is 0.346 e. The van der Waals surface area contributed by atoms with Gasteiger partial charge >= 0.3 is 5.97 Å². The van der Waals surface area contributed by atoms with Gasteiger partial charge in [0.1, 0.15) is 6.29 Å². The van der Waals surface area contributed by atoms with Gasteiger partial charge in [-0.05, 0) is 19.1 Å². The first-order valence-corrected chi connectivity index (χ1v) is 5.48. The summed E-state index contributed by atoms with van der Waals surface area (Å²) in [6.07, 6.45) is -0.189. The monoisotopic (exact) mass is 272 g/mol. The van der Waals surface area contributed by atoms with Crippen molar-refractivity contribution in [1.29, 1.82) is 0 Å². The molecule has 6 heteroatoms. The molecule has 0 radical (unpaired) electrons. The Morgan fingerprint density at radius 1 is 1.39 bits per heavy atom. The van der Waals surface area contributed by atoms with Crippen LogP contribution in [0, 0.1) is 0 Å². The molecule has 1 aromatic carbocycles. The minimum atomic E-state index is -0.830. The number of hydrogen-bond donors (Lipinski definition) is 0. The number of benzene rings is 1. The number of esters is 1. The molecule has 0 unspecified atom stereocenters. The summed E-state index contributed by atoms with van der Waals surface area (Å²) in [5.41, 5.74) is 0.356. The topological polar surface area (TPSA) is 61.8 Å². The minimum Gasteiger partial charge on any atom is -0.493 e. The van der Waals surface area contributed by atoms with Crippen LogP contribution in [-0.2, 0) is 9.53 Å². The summed E-state index contributed by atoms with van der Waals surface area (Å²) in [6, 6.07) is 2.90. The van der Waals surface area contributed by atoms with Crippen molar-refractivity contribution in [1.82, 2.24) is 0 Å². The van der Waals surface area contributed by atoms with Gasteiger partial charge in [0.15, 0.2) is 17.6 Å². The Kier molecular flexibility index (Phi) is 4.97. The van der Waals surface area contributed by atoms with Gasteiger partial charge in [0.25, 0.3) is 0 Å². The fraction of sp³-hybridized carbons (Fsp3) is 0.333. The van der Waals surface area contributed by atoms with E-state index in [-0.39, 0.29) is 16.5 Å². The van der Waals surface area contributed by atoms with Gasteiger partial charge in [-0.3, -0.25) is 4.79 Å². The summed E-state index contributed by atoms with van der Waals surface area (Å²) in [5, 5.41) is 0.187. The van der Waals surface area contributed by atoms with Crippen molar-refractivity contribution < 1.29 is 23.8 Å². The molecule has 0 spiro atoms. The van der Waals surface area contributed by atoms with E-state index in [4.69, 9.17) is 21.1 Å². The van der Waals surface area contributed by atoms with Crippen molar-refractivity contribution in [2.75, 3.05) is 14.2 Å².